The van der Waals surface area contributed by atoms with Gasteiger partial charge in [0.2, 0.25) is 0 Å². The molecule has 0 radical (unpaired) electrons. The van der Waals surface area contributed by atoms with E-state index in [0.717, 1.165) is 41.2 Å². The van der Waals surface area contributed by atoms with Crippen LogP contribution in [-0.2, 0) is 16.1 Å². The number of aliphatic carboxylic acids is 1. The molecule has 1 N–H and O–H groups in total. The number of hydrogen-bond donors (Lipinski definition) is 1. The zero-order valence-electron chi connectivity index (χ0n) is 19.6. The molecule has 2 aromatic rings. The fourth-order valence-corrected chi connectivity index (χ4v) is 5.79. The van der Waals surface area contributed by atoms with Gasteiger partial charge in [0.1, 0.15) is 12.4 Å². The molecule has 184 valence electrons. The van der Waals surface area contributed by atoms with Crippen molar-refractivity contribution in [2.75, 3.05) is 13.6 Å². The van der Waals surface area contributed by atoms with E-state index in [-0.39, 0.29) is 24.7 Å². The second kappa shape index (κ2) is 11.0. The van der Waals surface area contributed by atoms with Crippen molar-refractivity contribution in [3.05, 3.63) is 33.8 Å². The first kappa shape index (κ1) is 24.8. The van der Waals surface area contributed by atoms with Gasteiger partial charge in [0.15, 0.2) is 0 Å². The van der Waals surface area contributed by atoms with Crippen LogP contribution in [0.1, 0.15) is 56.2 Å². The Morgan fingerprint density at radius 3 is 2.68 bits per heavy atom. The molecule has 2 aliphatic rings. The zero-order valence-corrected chi connectivity index (χ0v) is 21.2. The summed E-state index contributed by atoms with van der Waals surface area (Å²) in [6.07, 6.45) is 6.04. The lowest BCUT2D eigenvalue weighted by molar-refractivity contribution is -0.143. The van der Waals surface area contributed by atoms with Gasteiger partial charge in [-0.3, -0.25) is 4.79 Å². The number of nitrogens with zero attached hydrogens (tertiary/aromatic N) is 2. The van der Waals surface area contributed by atoms with Crippen molar-refractivity contribution < 1.29 is 24.2 Å². The molecule has 0 saturated heterocycles. The second-order valence-corrected chi connectivity index (χ2v) is 11.0. The molecule has 2 aliphatic carbocycles. The van der Waals surface area contributed by atoms with Crippen LogP contribution in [0.15, 0.2) is 18.2 Å². The maximum atomic E-state index is 12.4. The SMILES string of the molecule is Cc1nc(-c2sc(Cl)cc2COC(=O)N(C)CC2CCC2)ccc1O[C@H]1CCC[C@H](C(=O)O)C1. The van der Waals surface area contributed by atoms with Crippen LogP contribution in [0.4, 0.5) is 4.79 Å². The van der Waals surface area contributed by atoms with Crippen LogP contribution in [0.25, 0.3) is 10.6 Å². The number of ether oxygens (including phenoxy) is 2. The molecular weight excluding hydrogens is 476 g/mol. The predicted molar refractivity (Wildman–Crippen MR) is 131 cm³/mol. The van der Waals surface area contributed by atoms with Gasteiger partial charge in [0.25, 0.3) is 0 Å². The quantitative estimate of drug-likeness (QED) is 0.461. The Hall–Kier alpha value is -2.32. The zero-order chi connectivity index (χ0) is 24.2. The molecule has 2 fully saturated rings. The van der Waals surface area contributed by atoms with Crippen molar-refractivity contribution in [3.63, 3.8) is 0 Å². The van der Waals surface area contributed by atoms with Crippen LogP contribution in [0, 0.1) is 18.8 Å². The molecule has 4 rings (SSSR count). The summed E-state index contributed by atoms with van der Waals surface area (Å²) in [5.41, 5.74) is 2.28. The molecule has 0 aromatic carbocycles. The second-order valence-electron chi connectivity index (χ2n) is 9.36. The van der Waals surface area contributed by atoms with Gasteiger partial charge in [-0.1, -0.05) is 18.0 Å². The molecule has 0 spiro atoms. The van der Waals surface area contributed by atoms with Crippen molar-refractivity contribution in [1.82, 2.24) is 9.88 Å². The summed E-state index contributed by atoms with van der Waals surface area (Å²) in [6, 6.07) is 5.56. The highest BCUT2D eigenvalue weighted by molar-refractivity contribution is 7.19. The lowest BCUT2D eigenvalue weighted by Crippen LogP contribution is -2.34. The minimum atomic E-state index is -0.754. The molecule has 0 bridgehead atoms. The number of carbonyl (C=O) groups is 2. The Kier molecular flexibility index (Phi) is 7.99. The summed E-state index contributed by atoms with van der Waals surface area (Å²) in [5.74, 6) is 0.140. The summed E-state index contributed by atoms with van der Waals surface area (Å²) < 4.78 is 12.3. The number of amides is 1. The first-order chi connectivity index (χ1) is 16.3. The normalized spacial score (nSPS) is 20.4. The standard InChI is InChI=1S/C25H31ClN2O5S/c1-15-21(33-19-8-4-7-17(11-19)24(29)30)10-9-20(27-15)23-18(12-22(26)34-23)14-32-25(31)28(2)13-16-5-3-6-16/h9-10,12,16-17,19H,3-8,11,13-14H2,1-2H3,(H,29,30)/t17-,19-/m0/s1. The van der Waals surface area contributed by atoms with Gasteiger partial charge >= 0.3 is 12.1 Å². The molecule has 1 amide bonds. The van der Waals surface area contributed by atoms with Crippen molar-refractivity contribution in [2.45, 2.75) is 64.6 Å². The maximum absolute atomic E-state index is 12.4. The Morgan fingerprint density at radius 1 is 1.24 bits per heavy atom. The molecule has 34 heavy (non-hydrogen) atoms. The van der Waals surface area contributed by atoms with Crippen LogP contribution in [0.5, 0.6) is 5.75 Å². The van der Waals surface area contributed by atoms with Crippen LogP contribution in [-0.4, -0.2) is 46.7 Å². The molecule has 9 heteroatoms. The van der Waals surface area contributed by atoms with E-state index in [1.807, 2.05) is 25.1 Å². The Morgan fingerprint density at radius 2 is 2.00 bits per heavy atom. The number of rotatable bonds is 8. The Bertz CT molecular complexity index is 1040. The maximum Gasteiger partial charge on any atom is 0.409 e. The average molecular weight is 507 g/mol. The Balaban J connectivity index is 1.40. The number of halogens is 1. The first-order valence-electron chi connectivity index (χ1n) is 11.8. The number of carboxylic acids is 1. The number of thiophene rings is 1. The summed E-state index contributed by atoms with van der Waals surface area (Å²) in [6.45, 7) is 2.73. The third-order valence-electron chi connectivity index (χ3n) is 6.74. The monoisotopic (exact) mass is 506 g/mol. The highest BCUT2D eigenvalue weighted by atomic mass is 35.5. The fourth-order valence-electron chi connectivity index (χ4n) is 4.56. The number of carbonyl (C=O) groups excluding carboxylic acids is 1. The van der Waals surface area contributed by atoms with Gasteiger partial charge < -0.3 is 19.5 Å². The van der Waals surface area contributed by atoms with Crippen LogP contribution < -0.4 is 4.74 Å². The van der Waals surface area contributed by atoms with E-state index in [1.54, 1.807) is 11.9 Å². The number of aryl methyl sites for hydroxylation is 1. The van der Waals surface area contributed by atoms with Crippen LogP contribution >= 0.6 is 22.9 Å². The highest BCUT2D eigenvalue weighted by Crippen LogP contribution is 2.37. The van der Waals surface area contributed by atoms with Crippen LogP contribution in [0.2, 0.25) is 4.34 Å². The van der Waals surface area contributed by atoms with Gasteiger partial charge in [-0.25, -0.2) is 9.78 Å². The molecule has 2 atom stereocenters. The van der Waals surface area contributed by atoms with Crippen molar-refractivity contribution >= 4 is 35.0 Å². The summed E-state index contributed by atoms with van der Waals surface area (Å²) in [5, 5.41) is 9.32. The number of carboxylic acid groups (broad SMARTS) is 1. The topological polar surface area (TPSA) is 89.0 Å². The van der Waals surface area contributed by atoms with Gasteiger partial charge in [-0.05, 0) is 69.6 Å². The summed E-state index contributed by atoms with van der Waals surface area (Å²) in [4.78, 5) is 31.0. The van der Waals surface area contributed by atoms with Crippen molar-refractivity contribution in [2.24, 2.45) is 11.8 Å². The lowest BCUT2D eigenvalue weighted by atomic mass is 9.85. The van der Waals surface area contributed by atoms with Gasteiger partial charge in [0, 0.05) is 19.2 Å². The lowest BCUT2D eigenvalue weighted by Gasteiger charge is -2.29. The molecule has 2 aromatic heterocycles. The molecule has 7 nitrogen and oxygen atoms in total. The van der Waals surface area contributed by atoms with E-state index in [0.29, 0.717) is 28.8 Å². The number of hydrogen-bond acceptors (Lipinski definition) is 6. The van der Waals surface area contributed by atoms with E-state index in [4.69, 9.17) is 26.1 Å². The summed E-state index contributed by atoms with van der Waals surface area (Å²) >= 11 is 7.69. The minimum Gasteiger partial charge on any atom is -0.489 e. The third-order valence-corrected chi connectivity index (χ3v) is 8.07. The molecule has 0 aliphatic heterocycles. The van der Waals surface area contributed by atoms with E-state index in [1.165, 1.54) is 30.6 Å². The molecule has 0 unspecified atom stereocenters. The van der Waals surface area contributed by atoms with E-state index in [2.05, 4.69) is 0 Å². The average Bonchev–Trinajstić information content (AvgIpc) is 3.16. The summed E-state index contributed by atoms with van der Waals surface area (Å²) in [7, 11) is 1.77. The number of pyridine rings is 1. The largest absolute Gasteiger partial charge is 0.489 e. The van der Waals surface area contributed by atoms with Crippen molar-refractivity contribution in [3.8, 4) is 16.3 Å². The van der Waals surface area contributed by atoms with Gasteiger partial charge in [-0.2, -0.15) is 0 Å². The first-order valence-corrected chi connectivity index (χ1v) is 13.0. The molecule has 2 saturated carbocycles. The van der Waals surface area contributed by atoms with Crippen LogP contribution in [0.3, 0.4) is 0 Å². The minimum absolute atomic E-state index is 0.121. The third kappa shape index (κ3) is 6.02. The highest BCUT2D eigenvalue weighted by Gasteiger charge is 2.28. The molecular formula is C25H31ClN2O5S. The van der Waals surface area contributed by atoms with E-state index in [9.17, 15) is 14.7 Å². The Labute approximate surface area is 209 Å². The number of aromatic nitrogens is 1. The van der Waals surface area contributed by atoms with E-state index < -0.39 is 5.97 Å². The smallest absolute Gasteiger partial charge is 0.409 e. The van der Waals surface area contributed by atoms with E-state index >= 15 is 0 Å². The van der Waals surface area contributed by atoms with Crippen molar-refractivity contribution in [1.29, 1.82) is 0 Å². The van der Waals surface area contributed by atoms with Gasteiger partial charge in [-0.15, -0.1) is 11.3 Å². The van der Waals surface area contributed by atoms with Gasteiger partial charge in [0.05, 0.1) is 32.6 Å². The fraction of sp³-hybridized carbons (Fsp3) is 0.560. The molecule has 2 heterocycles. The predicted octanol–water partition coefficient (Wildman–Crippen LogP) is 6.16.